The van der Waals surface area contributed by atoms with Crippen LogP contribution in [0.3, 0.4) is 0 Å². The van der Waals surface area contributed by atoms with Gasteiger partial charge >= 0.3 is 0 Å². The Balaban J connectivity index is 1.50. The number of nitrogens with zero attached hydrogens (tertiary/aromatic N) is 1. The van der Waals surface area contributed by atoms with Crippen molar-refractivity contribution in [1.29, 1.82) is 0 Å². The summed E-state index contributed by atoms with van der Waals surface area (Å²) in [5.41, 5.74) is 4.51. The first-order valence-corrected chi connectivity index (χ1v) is 9.50. The highest BCUT2D eigenvalue weighted by Gasteiger charge is 2.55. The molecule has 5 heterocycles. The lowest BCUT2D eigenvalue weighted by Gasteiger charge is -2.61. The zero-order valence-corrected chi connectivity index (χ0v) is 13.6. The van der Waals surface area contributed by atoms with Gasteiger partial charge in [-0.25, -0.2) is 0 Å². The van der Waals surface area contributed by atoms with Crippen molar-refractivity contribution in [1.82, 2.24) is 15.2 Å². The van der Waals surface area contributed by atoms with Crippen LogP contribution in [0.2, 0.25) is 0 Å². The molecule has 3 nitrogen and oxygen atoms in total. The van der Waals surface area contributed by atoms with Gasteiger partial charge in [0.05, 0.1) is 6.04 Å². The number of hydrogen-bond donors (Lipinski definition) is 2. The van der Waals surface area contributed by atoms with Crippen LogP contribution < -0.4 is 5.32 Å². The Morgan fingerprint density at radius 2 is 2.00 bits per heavy atom. The second-order valence-corrected chi connectivity index (χ2v) is 8.09. The quantitative estimate of drug-likeness (QED) is 0.783. The largest absolute Gasteiger partial charge is 0.357 e. The molecule has 1 aliphatic carbocycles. The number of benzene rings is 1. The molecule has 3 saturated heterocycles. The molecule has 4 aliphatic heterocycles. The highest BCUT2D eigenvalue weighted by atomic mass is 15.3. The molecule has 23 heavy (non-hydrogen) atoms. The van der Waals surface area contributed by atoms with E-state index in [0.717, 1.165) is 23.9 Å². The number of nitrogens with one attached hydrogen (secondary N) is 2. The highest BCUT2D eigenvalue weighted by Crippen LogP contribution is 2.54. The van der Waals surface area contributed by atoms with E-state index in [-0.39, 0.29) is 0 Å². The second kappa shape index (κ2) is 4.61. The van der Waals surface area contributed by atoms with Gasteiger partial charge < -0.3 is 10.3 Å². The predicted octanol–water partition coefficient (Wildman–Crippen LogP) is 3.23. The molecular weight excluding hydrogens is 282 g/mol. The summed E-state index contributed by atoms with van der Waals surface area (Å²) in [6.45, 7) is 2.50. The van der Waals surface area contributed by atoms with Crippen molar-refractivity contribution in [2.75, 3.05) is 13.1 Å². The Bertz CT molecular complexity index is 763. The summed E-state index contributed by atoms with van der Waals surface area (Å²) in [5.74, 6) is 1.71. The van der Waals surface area contributed by atoms with Crippen molar-refractivity contribution in [2.45, 2.75) is 50.2 Å². The Hall–Kier alpha value is -1.32. The maximum atomic E-state index is 3.91. The van der Waals surface area contributed by atoms with E-state index in [9.17, 15) is 0 Å². The third-order valence-electron chi connectivity index (χ3n) is 7.26. The van der Waals surface area contributed by atoms with Crippen molar-refractivity contribution in [2.24, 2.45) is 11.8 Å². The van der Waals surface area contributed by atoms with Crippen LogP contribution in [-0.4, -0.2) is 35.1 Å². The average Bonchev–Trinajstić information content (AvgIpc) is 3.01. The molecule has 2 N–H and O–H groups in total. The first-order valence-electron chi connectivity index (χ1n) is 9.50. The monoisotopic (exact) mass is 307 g/mol. The fourth-order valence-electron chi connectivity index (χ4n) is 6.48. The van der Waals surface area contributed by atoms with Gasteiger partial charge in [0, 0.05) is 35.2 Å². The van der Waals surface area contributed by atoms with Gasteiger partial charge in [0.25, 0.3) is 0 Å². The molecule has 1 aromatic carbocycles. The lowest BCUT2D eigenvalue weighted by Crippen LogP contribution is -2.67. The van der Waals surface area contributed by atoms with Crippen molar-refractivity contribution in [3.8, 4) is 0 Å². The minimum atomic E-state index is 0.636. The van der Waals surface area contributed by atoms with Crippen molar-refractivity contribution in [3.63, 3.8) is 0 Å². The molecule has 3 heteroatoms. The minimum Gasteiger partial charge on any atom is -0.357 e. The first kappa shape index (κ1) is 13.0. The third kappa shape index (κ3) is 1.62. The summed E-state index contributed by atoms with van der Waals surface area (Å²) in [4.78, 5) is 6.72. The molecular formula is C20H25N3. The first-order chi connectivity index (χ1) is 11.4. The number of aromatic nitrogens is 1. The molecule has 2 aromatic rings. The minimum absolute atomic E-state index is 0.636. The summed E-state index contributed by atoms with van der Waals surface area (Å²) < 4.78 is 0. The molecule has 7 rings (SSSR count). The Morgan fingerprint density at radius 3 is 3.00 bits per heavy atom. The molecule has 120 valence electrons. The maximum absolute atomic E-state index is 3.91. The molecule has 0 unspecified atom stereocenters. The van der Waals surface area contributed by atoms with Crippen molar-refractivity contribution < 1.29 is 0 Å². The summed E-state index contributed by atoms with van der Waals surface area (Å²) >= 11 is 0. The average molecular weight is 307 g/mol. The topological polar surface area (TPSA) is 31.1 Å². The molecule has 0 amide bonds. The van der Waals surface area contributed by atoms with Crippen LogP contribution in [-0.2, 0) is 6.42 Å². The van der Waals surface area contributed by atoms with E-state index in [2.05, 4.69) is 39.5 Å². The van der Waals surface area contributed by atoms with Gasteiger partial charge in [0.2, 0.25) is 0 Å². The summed E-state index contributed by atoms with van der Waals surface area (Å²) in [7, 11) is 0. The molecule has 1 saturated carbocycles. The standard InChI is InChI=1S/C20H25N3/c1-2-6-16-12(4-1)13-9-11-23-17-8-7-15(20(23)19(13)22-16)18-14(17)5-3-10-21-18/h1-2,4,6,14-15,17-18,20-22H,3,5,7-11H2/t14-,15-,17+,18-,20-/m0/s1. The van der Waals surface area contributed by atoms with Crippen molar-refractivity contribution >= 4 is 10.9 Å². The van der Waals surface area contributed by atoms with Crippen LogP contribution >= 0.6 is 0 Å². The number of piperidine rings is 3. The fraction of sp³-hybridized carbons (Fsp3) is 0.600. The van der Waals surface area contributed by atoms with Gasteiger partial charge in [0.1, 0.15) is 0 Å². The van der Waals surface area contributed by atoms with Crippen LogP contribution in [0.5, 0.6) is 0 Å². The van der Waals surface area contributed by atoms with E-state index < -0.39 is 0 Å². The molecule has 4 fully saturated rings. The highest BCUT2D eigenvalue weighted by molar-refractivity contribution is 5.85. The SMILES string of the molecule is c1ccc2c3c([nH]c2c1)[C@@H]1[C@H]2CC[C@H]([C@@H]4CCCN[C@@H]42)N1CC3. The van der Waals surface area contributed by atoms with Crippen LogP contribution in [0.15, 0.2) is 24.3 Å². The van der Waals surface area contributed by atoms with Crippen LogP contribution in [0, 0.1) is 11.8 Å². The van der Waals surface area contributed by atoms with Gasteiger partial charge in [0.15, 0.2) is 0 Å². The van der Waals surface area contributed by atoms with Gasteiger partial charge in [-0.1, -0.05) is 18.2 Å². The van der Waals surface area contributed by atoms with E-state index in [1.165, 1.54) is 56.1 Å². The number of para-hydroxylation sites is 1. The van der Waals surface area contributed by atoms with Crippen LogP contribution in [0.1, 0.15) is 43.0 Å². The Morgan fingerprint density at radius 1 is 1.04 bits per heavy atom. The molecule has 2 bridgehead atoms. The third-order valence-corrected chi connectivity index (χ3v) is 7.26. The summed E-state index contributed by atoms with van der Waals surface area (Å²) in [6, 6.07) is 11.1. The number of hydrogen-bond acceptors (Lipinski definition) is 2. The zero-order valence-electron chi connectivity index (χ0n) is 13.6. The van der Waals surface area contributed by atoms with E-state index in [1.807, 2.05) is 0 Å². The molecule has 0 radical (unpaired) electrons. The second-order valence-electron chi connectivity index (χ2n) is 8.09. The van der Waals surface area contributed by atoms with E-state index in [4.69, 9.17) is 0 Å². The van der Waals surface area contributed by atoms with Gasteiger partial charge in [-0.2, -0.15) is 0 Å². The van der Waals surface area contributed by atoms with Crippen molar-refractivity contribution in [3.05, 3.63) is 35.5 Å². The van der Waals surface area contributed by atoms with Gasteiger partial charge in [-0.3, -0.25) is 4.90 Å². The molecule has 0 spiro atoms. The zero-order chi connectivity index (χ0) is 15.0. The lowest BCUT2D eigenvalue weighted by molar-refractivity contribution is -0.0920. The number of aromatic amines is 1. The number of H-pyrrole nitrogens is 1. The molecule has 5 aliphatic rings. The smallest absolute Gasteiger partial charge is 0.0547 e. The van der Waals surface area contributed by atoms with Gasteiger partial charge in [-0.15, -0.1) is 0 Å². The number of rotatable bonds is 0. The van der Waals surface area contributed by atoms with E-state index in [0.29, 0.717) is 6.04 Å². The molecule has 5 atom stereocenters. The summed E-state index contributed by atoms with van der Waals surface area (Å²) in [5, 5.41) is 5.38. The lowest BCUT2D eigenvalue weighted by atomic mass is 9.61. The fourth-order valence-corrected chi connectivity index (χ4v) is 6.48. The van der Waals surface area contributed by atoms with E-state index >= 15 is 0 Å². The predicted molar refractivity (Wildman–Crippen MR) is 92.5 cm³/mol. The molecule has 1 aromatic heterocycles. The van der Waals surface area contributed by atoms with Crippen LogP contribution in [0.4, 0.5) is 0 Å². The van der Waals surface area contributed by atoms with E-state index in [1.54, 1.807) is 11.3 Å². The van der Waals surface area contributed by atoms with Crippen LogP contribution in [0.25, 0.3) is 10.9 Å². The maximum Gasteiger partial charge on any atom is 0.0547 e. The summed E-state index contributed by atoms with van der Waals surface area (Å²) in [6.07, 6.45) is 6.89. The number of fused-ring (bicyclic) bond motifs is 4. The normalized spacial score (nSPS) is 39.0. The Kier molecular flexibility index (Phi) is 2.61. The van der Waals surface area contributed by atoms with Gasteiger partial charge in [-0.05, 0) is 62.1 Å². The Labute approximate surface area is 137 Å².